The summed E-state index contributed by atoms with van der Waals surface area (Å²) >= 11 is 0. The van der Waals surface area contributed by atoms with Crippen molar-refractivity contribution in [3.05, 3.63) is 23.8 Å². The van der Waals surface area contributed by atoms with Crippen LogP contribution in [0.15, 0.2) is 23.1 Å². The minimum absolute atomic E-state index is 0.0768. The summed E-state index contributed by atoms with van der Waals surface area (Å²) in [6.45, 7) is 0.122. The number of fused-ring (bicyclic) bond motifs is 1. The normalized spacial score (nSPS) is 19.3. The molecule has 9 heteroatoms. The smallest absolute Gasteiger partial charge is 0.238 e. The van der Waals surface area contributed by atoms with Gasteiger partial charge in [-0.1, -0.05) is 0 Å². The number of nitrogens with one attached hydrogen (secondary N) is 1. The van der Waals surface area contributed by atoms with Gasteiger partial charge in [-0.2, -0.15) is 0 Å². The van der Waals surface area contributed by atoms with Crippen molar-refractivity contribution < 1.29 is 21.6 Å². The summed E-state index contributed by atoms with van der Waals surface area (Å²) in [5, 5.41) is 5.02. The van der Waals surface area contributed by atoms with Gasteiger partial charge in [0.15, 0.2) is 0 Å². The van der Waals surface area contributed by atoms with E-state index in [2.05, 4.69) is 4.72 Å². The summed E-state index contributed by atoms with van der Waals surface area (Å²) in [5.41, 5.74) is 0.465. The molecule has 0 bridgehead atoms. The van der Waals surface area contributed by atoms with Crippen molar-refractivity contribution in [2.45, 2.75) is 10.9 Å². The molecule has 1 aliphatic rings. The van der Waals surface area contributed by atoms with Gasteiger partial charge in [0.1, 0.15) is 12.4 Å². The van der Waals surface area contributed by atoms with Crippen LogP contribution in [0.1, 0.15) is 11.6 Å². The predicted molar refractivity (Wildman–Crippen MR) is 64.0 cm³/mol. The Morgan fingerprint density at radius 3 is 2.56 bits per heavy atom. The van der Waals surface area contributed by atoms with Crippen LogP contribution in [-0.2, 0) is 20.0 Å². The molecule has 0 amide bonds. The topological polar surface area (TPSA) is 116 Å². The highest BCUT2D eigenvalue weighted by atomic mass is 32.2. The zero-order valence-corrected chi connectivity index (χ0v) is 11.1. The van der Waals surface area contributed by atoms with Gasteiger partial charge in [-0.15, -0.1) is 0 Å². The lowest BCUT2D eigenvalue weighted by Crippen LogP contribution is -2.28. The van der Waals surface area contributed by atoms with Gasteiger partial charge < -0.3 is 4.74 Å². The molecule has 2 rings (SSSR count). The lowest BCUT2D eigenvalue weighted by molar-refractivity contribution is 0.325. The molecular weight excluding hydrogens is 280 g/mol. The molecule has 3 N–H and O–H groups in total. The molecule has 0 saturated carbocycles. The lowest BCUT2D eigenvalue weighted by atomic mass is 10.1. The van der Waals surface area contributed by atoms with Crippen LogP contribution in [0.4, 0.5) is 0 Å². The van der Waals surface area contributed by atoms with Crippen LogP contribution < -0.4 is 14.6 Å². The summed E-state index contributed by atoms with van der Waals surface area (Å²) < 4.78 is 52.4. The highest BCUT2D eigenvalue weighted by Gasteiger charge is 2.28. The first-order chi connectivity index (χ1) is 8.17. The zero-order valence-electron chi connectivity index (χ0n) is 9.45. The molecule has 0 spiro atoms. The molecule has 18 heavy (non-hydrogen) atoms. The fourth-order valence-electron chi connectivity index (χ4n) is 1.73. The highest BCUT2D eigenvalue weighted by Crippen LogP contribution is 2.34. The van der Waals surface area contributed by atoms with Gasteiger partial charge in [0, 0.05) is 5.56 Å². The van der Waals surface area contributed by atoms with E-state index < -0.39 is 26.1 Å². The van der Waals surface area contributed by atoms with Crippen LogP contribution in [0.5, 0.6) is 5.75 Å². The largest absolute Gasteiger partial charge is 0.491 e. The number of benzene rings is 1. The van der Waals surface area contributed by atoms with Crippen LogP contribution >= 0.6 is 0 Å². The summed E-state index contributed by atoms with van der Waals surface area (Å²) in [7, 11) is -7.23. The maximum absolute atomic E-state index is 11.2. The molecule has 0 aliphatic carbocycles. The van der Waals surface area contributed by atoms with Crippen molar-refractivity contribution in [3.63, 3.8) is 0 Å². The van der Waals surface area contributed by atoms with Crippen molar-refractivity contribution in [1.82, 2.24) is 4.72 Å². The van der Waals surface area contributed by atoms with Crippen LogP contribution in [0, 0.1) is 0 Å². The van der Waals surface area contributed by atoms with E-state index in [0.717, 1.165) is 6.26 Å². The molecular formula is C9H12N2O5S2. The highest BCUT2D eigenvalue weighted by molar-refractivity contribution is 7.89. The first kappa shape index (κ1) is 13.3. The second-order valence-corrected chi connectivity index (χ2v) is 7.34. The molecule has 1 atom stereocenters. The number of rotatable bonds is 3. The Kier molecular flexibility index (Phi) is 3.09. The second kappa shape index (κ2) is 4.19. The van der Waals surface area contributed by atoms with Gasteiger partial charge in [-0.25, -0.2) is 26.7 Å². The van der Waals surface area contributed by atoms with Crippen molar-refractivity contribution in [3.8, 4) is 5.75 Å². The fraction of sp³-hybridized carbons (Fsp3) is 0.333. The van der Waals surface area contributed by atoms with Crippen LogP contribution in [0.3, 0.4) is 0 Å². The minimum atomic E-state index is -3.82. The van der Waals surface area contributed by atoms with E-state index >= 15 is 0 Å². The van der Waals surface area contributed by atoms with Gasteiger partial charge in [-0.3, -0.25) is 0 Å². The minimum Gasteiger partial charge on any atom is -0.491 e. The van der Waals surface area contributed by atoms with E-state index in [1.807, 2.05) is 0 Å². The third kappa shape index (κ3) is 2.80. The Labute approximate surface area is 105 Å². The van der Waals surface area contributed by atoms with E-state index in [1.165, 1.54) is 18.2 Å². The van der Waals surface area contributed by atoms with Crippen LogP contribution in [0.2, 0.25) is 0 Å². The lowest BCUT2D eigenvalue weighted by Gasteiger charge is -2.09. The van der Waals surface area contributed by atoms with Crippen molar-refractivity contribution in [1.29, 1.82) is 0 Å². The average molecular weight is 292 g/mol. The first-order valence-electron chi connectivity index (χ1n) is 4.94. The third-order valence-electron chi connectivity index (χ3n) is 2.45. The Morgan fingerprint density at radius 2 is 2.00 bits per heavy atom. The van der Waals surface area contributed by atoms with E-state index in [4.69, 9.17) is 9.88 Å². The molecule has 1 aliphatic heterocycles. The molecule has 7 nitrogen and oxygen atoms in total. The third-order valence-corrected chi connectivity index (χ3v) is 4.07. The standard InChI is InChI=1S/C9H12N2O5S2/c1-17(12,13)11-8-5-16-9-3-2-6(4-7(8)9)18(10,14)15/h2-4,8,11H,5H2,1H3,(H2,10,14,15). The molecule has 0 fully saturated rings. The summed E-state index contributed by atoms with van der Waals surface area (Å²) in [4.78, 5) is -0.0768. The quantitative estimate of drug-likeness (QED) is 0.765. The predicted octanol–water partition coefficient (Wildman–Crippen LogP) is -0.683. The molecule has 1 heterocycles. The number of ether oxygens (including phenoxy) is 1. The molecule has 0 radical (unpaired) electrons. The van der Waals surface area contributed by atoms with Crippen LogP contribution in [0.25, 0.3) is 0 Å². The fourth-order valence-corrected chi connectivity index (χ4v) is 2.99. The van der Waals surface area contributed by atoms with E-state index in [-0.39, 0.29) is 11.5 Å². The van der Waals surface area contributed by atoms with Crippen LogP contribution in [-0.4, -0.2) is 29.7 Å². The number of sulfonamides is 2. The van der Waals surface area contributed by atoms with Gasteiger partial charge >= 0.3 is 0 Å². The molecule has 1 aromatic rings. The molecule has 0 aromatic heterocycles. The van der Waals surface area contributed by atoms with Gasteiger partial charge in [0.25, 0.3) is 0 Å². The molecule has 1 aromatic carbocycles. The SMILES string of the molecule is CS(=O)(=O)NC1COc2ccc(S(N)(=O)=O)cc21. The number of hydrogen-bond donors (Lipinski definition) is 2. The number of nitrogens with two attached hydrogens (primary N) is 1. The Morgan fingerprint density at radius 1 is 1.33 bits per heavy atom. The van der Waals surface area contributed by atoms with Crippen molar-refractivity contribution >= 4 is 20.0 Å². The summed E-state index contributed by atoms with van der Waals surface area (Å²) in [6, 6.07) is 3.49. The second-order valence-electron chi connectivity index (χ2n) is 4.00. The Hall–Kier alpha value is -1.16. The number of primary sulfonamides is 1. The Balaban J connectivity index is 2.43. The maximum atomic E-state index is 11.2. The molecule has 100 valence electrons. The average Bonchev–Trinajstić information content (AvgIpc) is 2.57. The van der Waals surface area contributed by atoms with E-state index in [9.17, 15) is 16.8 Å². The van der Waals surface area contributed by atoms with Gasteiger partial charge in [0.2, 0.25) is 20.0 Å². The van der Waals surface area contributed by atoms with E-state index in [0.29, 0.717) is 11.3 Å². The summed E-state index contributed by atoms with van der Waals surface area (Å²) in [5.74, 6) is 0.448. The number of hydrogen-bond acceptors (Lipinski definition) is 5. The van der Waals surface area contributed by atoms with Crippen molar-refractivity contribution in [2.24, 2.45) is 5.14 Å². The maximum Gasteiger partial charge on any atom is 0.238 e. The van der Waals surface area contributed by atoms with E-state index in [1.54, 1.807) is 0 Å². The van der Waals surface area contributed by atoms with Gasteiger partial charge in [-0.05, 0) is 18.2 Å². The first-order valence-corrected chi connectivity index (χ1v) is 8.37. The molecule has 0 saturated heterocycles. The van der Waals surface area contributed by atoms with Crippen molar-refractivity contribution in [2.75, 3.05) is 12.9 Å². The zero-order chi connectivity index (χ0) is 13.6. The Bertz CT molecular complexity index is 681. The monoisotopic (exact) mass is 292 g/mol. The summed E-state index contributed by atoms with van der Waals surface area (Å²) in [6.07, 6.45) is 1.02. The van der Waals surface area contributed by atoms with Gasteiger partial charge in [0.05, 0.1) is 17.2 Å². The molecule has 1 unspecified atom stereocenters.